The SMILES string of the molecule is CCCCC/C=C\C/C=C\C/C=C\C/C=C\CCCCCCCC(=O)OC(/C=C/CCCCCCCCCCCCC)C(COP(=O)(O)OCC[N+](C)(C)C)NC(=O)CCCCCCCCC/C=C/CCCCCCCC. The van der Waals surface area contributed by atoms with Crippen molar-refractivity contribution in [1.82, 2.24) is 5.32 Å². The zero-order chi connectivity index (χ0) is 56.4. The number of likely N-dealkylation sites (N-methyl/N-ethyl adjacent to an activating group) is 1. The third-order valence-corrected chi connectivity index (χ3v) is 15.1. The fourth-order valence-corrected chi connectivity index (χ4v) is 9.83. The minimum absolute atomic E-state index is 0.0342. The van der Waals surface area contributed by atoms with Gasteiger partial charge >= 0.3 is 13.8 Å². The standard InChI is InChI=1S/C67H123N2O7P/c1-7-10-13-16-19-22-25-28-30-32-33-34-35-37-39-42-45-48-51-54-57-60-67(71)76-65(58-55-52-49-46-43-40-27-24-21-18-15-12-9-3)64(63-75-77(72,73)74-62-61-69(4,5)6)68-66(70)59-56-53-50-47-44-41-38-36-31-29-26-23-20-17-14-11-8-2/h19,22,28-31,33-34,37,39,55,58,64-65H,7-18,20-21,23-27,32,35-36,38,40-54,56-57,59-63H2,1-6H3,(H-,68,70,72,73)/p+1/b22-19-,30-28-,31-29+,34-33-,39-37-,58-55+. The molecule has 0 aromatic carbocycles. The zero-order valence-corrected chi connectivity index (χ0v) is 52.1. The van der Waals surface area contributed by atoms with Crippen molar-refractivity contribution in [1.29, 1.82) is 0 Å². The fourth-order valence-electron chi connectivity index (χ4n) is 9.10. The van der Waals surface area contributed by atoms with Crippen LogP contribution in [0.5, 0.6) is 0 Å². The number of carbonyl (C=O) groups excluding carboxylic acids is 2. The van der Waals surface area contributed by atoms with E-state index in [1.165, 1.54) is 148 Å². The smallest absolute Gasteiger partial charge is 0.456 e. The van der Waals surface area contributed by atoms with E-state index >= 15 is 0 Å². The first-order valence-corrected chi connectivity index (χ1v) is 33.8. The second kappa shape index (κ2) is 56.7. The van der Waals surface area contributed by atoms with Gasteiger partial charge in [0.05, 0.1) is 33.8 Å². The number of esters is 1. The zero-order valence-electron chi connectivity index (χ0n) is 51.2. The fraction of sp³-hybridized carbons (Fsp3) is 0.791. The van der Waals surface area contributed by atoms with Gasteiger partial charge in [0.2, 0.25) is 5.91 Å². The molecule has 0 aliphatic heterocycles. The number of unbranched alkanes of at least 4 members (excludes halogenated alkanes) is 32. The molecule has 0 aliphatic rings. The molecule has 2 N–H and O–H groups in total. The first-order chi connectivity index (χ1) is 37.4. The topological polar surface area (TPSA) is 111 Å². The molecule has 448 valence electrons. The van der Waals surface area contributed by atoms with E-state index < -0.39 is 20.0 Å². The number of nitrogens with zero attached hydrogens (tertiary/aromatic N) is 1. The highest BCUT2D eigenvalue weighted by molar-refractivity contribution is 7.47. The van der Waals surface area contributed by atoms with Crippen LogP contribution in [-0.4, -0.2) is 74.3 Å². The molecule has 0 fully saturated rings. The highest BCUT2D eigenvalue weighted by Gasteiger charge is 2.30. The molecule has 0 radical (unpaired) electrons. The van der Waals surface area contributed by atoms with Gasteiger partial charge in [0.1, 0.15) is 19.3 Å². The van der Waals surface area contributed by atoms with Crippen LogP contribution in [0.1, 0.15) is 290 Å². The molecule has 0 spiro atoms. The summed E-state index contributed by atoms with van der Waals surface area (Å²) in [6, 6.07) is -0.861. The molecular weight excluding hydrogens is 976 g/mol. The van der Waals surface area contributed by atoms with E-state index in [9.17, 15) is 19.0 Å². The molecule has 0 saturated carbocycles. The molecule has 0 bridgehead atoms. The average Bonchev–Trinajstić information content (AvgIpc) is 3.39. The number of carbonyl (C=O) groups is 2. The summed E-state index contributed by atoms with van der Waals surface area (Å²) in [5.74, 6) is -0.527. The molecule has 9 nitrogen and oxygen atoms in total. The van der Waals surface area contributed by atoms with E-state index in [1.807, 2.05) is 33.3 Å². The van der Waals surface area contributed by atoms with E-state index in [4.69, 9.17) is 13.8 Å². The van der Waals surface area contributed by atoms with Crippen LogP contribution in [0.25, 0.3) is 0 Å². The van der Waals surface area contributed by atoms with Crippen molar-refractivity contribution < 1.29 is 37.3 Å². The number of allylic oxidation sites excluding steroid dienone is 11. The van der Waals surface area contributed by atoms with Gasteiger partial charge < -0.3 is 19.4 Å². The van der Waals surface area contributed by atoms with Crippen LogP contribution in [0.4, 0.5) is 0 Å². The number of quaternary nitrogens is 1. The van der Waals surface area contributed by atoms with Gasteiger partial charge in [-0.1, -0.05) is 248 Å². The highest BCUT2D eigenvalue weighted by Crippen LogP contribution is 2.43. The van der Waals surface area contributed by atoms with E-state index in [1.54, 1.807) is 0 Å². The molecule has 0 saturated heterocycles. The van der Waals surface area contributed by atoms with Gasteiger partial charge in [-0.25, -0.2) is 4.57 Å². The van der Waals surface area contributed by atoms with Crippen molar-refractivity contribution in [2.75, 3.05) is 40.9 Å². The van der Waals surface area contributed by atoms with Gasteiger partial charge in [-0.3, -0.25) is 18.6 Å². The first-order valence-electron chi connectivity index (χ1n) is 32.3. The minimum Gasteiger partial charge on any atom is -0.456 e. The maximum atomic E-state index is 13.6. The second-order valence-electron chi connectivity index (χ2n) is 22.9. The minimum atomic E-state index is -4.46. The number of amides is 1. The summed E-state index contributed by atoms with van der Waals surface area (Å²) < 4.78 is 30.7. The van der Waals surface area contributed by atoms with Gasteiger partial charge in [-0.05, 0) is 102 Å². The third kappa shape index (κ3) is 57.9. The highest BCUT2D eigenvalue weighted by atomic mass is 31.2. The van der Waals surface area contributed by atoms with Gasteiger partial charge in [-0.15, -0.1) is 0 Å². The normalized spacial score (nSPS) is 14.1. The molecule has 1 amide bonds. The van der Waals surface area contributed by atoms with Gasteiger partial charge in [0.15, 0.2) is 0 Å². The number of ether oxygens (including phenoxy) is 1. The molecule has 0 rings (SSSR count). The second-order valence-corrected chi connectivity index (χ2v) is 24.4. The van der Waals surface area contributed by atoms with Crippen molar-refractivity contribution in [3.8, 4) is 0 Å². The largest absolute Gasteiger partial charge is 0.472 e. The Morgan fingerprint density at radius 2 is 0.792 bits per heavy atom. The number of rotatable bonds is 58. The molecule has 0 aromatic heterocycles. The number of hydrogen-bond donors (Lipinski definition) is 2. The molecule has 3 atom stereocenters. The Kier molecular flexibility index (Phi) is 54.8. The van der Waals surface area contributed by atoms with Crippen LogP contribution in [-0.2, 0) is 27.9 Å². The molecular formula is C67H124N2O7P+. The predicted molar refractivity (Wildman–Crippen MR) is 332 cm³/mol. The van der Waals surface area contributed by atoms with Crippen LogP contribution >= 0.6 is 7.82 Å². The van der Waals surface area contributed by atoms with Crippen molar-refractivity contribution >= 4 is 19.7 Å². The Labute approximate surface area is 476 Å². The monoisotopic (exact) mass is 1100 g/mol. The van der Waals surface area contributed by atoms with Crippen molar-refractivity contribution in [3.63, 3.8) is 0 Å². The summed E-state index contributed by atoms with van der Waals surface area (Å²) in [7, 11) is 1.48. The Morgan fingerprint density at radius 3 is 1.22 bits per heavy atom. The number of nitrogens with one attached hydrogen (secondary N) is 1. The molecule has 0 aromatic rings. The molecule has 3 unspecified atom stereocenters. The third-order valence-electron chi connectivity index (χ3n) is 14.1. The van der Waals surface area contributed by atoms with Crippen LogP contribution in [0, 0.1) is 0 Å². The molecule has 0 aliphatic carbocycles. The van der Waals surface area contributed by atoms with E-state index in [0.29, 0.717) is 23.9 Å². The summed E-state index contributed by atoms with van der Waals surface area (Å²) >= 11 is 0. The first kappa shape index (κ1) is 74.5. The Hall–Kier alpha value is -2.55. The Balaban J connectivity index is 5.30. The lowest BCUT2D eigenvalue weighted by Crippen LogP contribution is -2.47. The lowest BCUT2D eigenvalue weighted by molar-refractivity contribution is -0.870. The van der Waals surface area contributed by atoms with E-state index in [2.05, 4.69) is 86.8 Å². The van der Waals surface area contributed by atoms with Crippen LogP contribution in [0.3, 0.4) is 0 Å². The van der Waals surface area contributed by atoms with Gasteiger partial charge in [-0.2, -0.15) is 0 Å². The summed E-state index contributed by atoms with van der Waals surface area (Å²) in [5, 5.41) is 3.05. The maximum Gasteiger partial charge on any atom is 0.472 e. The quantitative estimate of drug-likeness (QED) is 0.0205. The summed E-state index contributed by atoms with van der Waals surface area (Å²) in [6.07, 6.45) is 73.2. The van der Waals surface area contributed by atoms with E-state index in [-0.39, 0.29) is 31.5 Å². The number of phosphoric ester groups is 1. The van der Waals surface area contributed by atoms with Crippen molar-refractivity contribution in [2.45, 2.75) is 303 Å². The molecule has 77 heavy (non-hydrogen) atoms. The molecule has 0 heterocycles. The predicted octanol–water partition coefficient (Wildman–Crippen LogP) is 20.0. The Bertz CT molecular complexity index is 1550. The van der Waals surface area contributed by atoms with Gasteiger partial charge in [0, 0.05) is 12.8 Å². The maximum absolute atomic E-state index is 13.6. The van der Waals surface area contributed by atoms with E-state index in [0.717, 1.165) is 103 Å². The lowest BCUT2D eigenvalue weighted by atomic mass is 10.0. The lowest BCUT2D eigenvalue weighted by Gasteiger charge is -2.27. The summed E-state index contributed by atoms with van der Waals surface area (Å²) in [4.78, 5) is 37.8. The van der Waals surface area contributed by atoms with Crippen LogP contribution < -0.4 is 5.32 Å². The number of phosphoric acid groups is 1. The number of hydrogen-bond acceptors (Lipinski definition) is 6. The van der Waals surface area contributed by atoms with Crippen molar-refractivity contribution in [3.05, 3.63) is 72.9 Å². The molecule has 10 heteroatoms. The van der Waals surface area contributed by atoms with Crippen molar-refractivity contribution in [2.24, 2.45) is 0 Å². The Morgan fingerprint density at radius 1 is 0.455 bits per heavy atom. The van der Waals surface area contributed by atoms with Gasteiger partial charge in [0.25, 0.3) is 0 Å². The van der Waals surface area contributed by atoms with Crippen LogP contribution in [0.2, 0.25) is 0 Å². The van der Waals surface area contributed by atoms with Crippen LogP contribution in [0.15, 0.2) is 72.9 Å². The summed E-state index contributed by atoms with van der Waals surface area (Å²) in [6.45, 7) is 6.98. The summed E-state index contributed by atoms with van der Waals surface area (Å²) in [5.41, 5.74) is 0. The average molecular weight is 1100 g/mol.